The first-order valence-electron chi connectivity index (χ1n) is 5.59. The minimum absolute atomic E-state index is 0.109. The lowest BCUT2D eigenvalue weighted by Crippen LogP contribution is -2.37. The smallest absolute Gasteiger partial charge is 0.251 e. The summed E-state index contributed by atoms with van der Waals surface area (Å²) in [4.78, 5) is 11.9. The van der Waals surface area contributed by atoms with Gasteiger partial charge in [0, 0.05) is 22.5 Å². The Bertz CT molecular complexity index is 431. The van der Waals surface area contributed by atoms with E-state index in [0.717, 1.165) is 4.47 Å². The number of amides is 1. The van der Waals surface area contributed by atoms with Crippen LogP contribution in [0.4, 0.5) is 0 Å². The van der Waals surface area contributed by atoms with Gasteiger partial charge in [0.05, 0.1) is 0 Å². The largest absolute Gasteiger partial charge is 0.409 e. The minimum atomic E-state index is -0.167. The molecule has 1 rings (SSSR count). The summed E-state index contributed by atoms with van der Waals surface area (Å²) < 4.78 is 0.919. The Labute approximate surface area is 114 Å². The Morgan fingerprint density at radius 3 is 2.61 bits per heavy atom. The van der Waals surface area contributed by atoms with E-state index in [2.05, 4.69) is 26.4 Å². The Morgan fingerprint density at radius 2 is 2.11 bits per heavy atom. The fourth-order valence-electron chi connectivity index (χ4n) is 1.46. The lowest BCUT2D eigenvalue weighted by molar-refractivity contribution is 0.0937. The van der Waals surface area contributed by atoms with Crippen molar-refractivity contribution >= 4 is 27.7 Å². The summed E-state index contributed by atoms with van der Waals surface area (Å²) in [5.41, 5.74) is 6.01. The molecular formula is C12H16BrN3O2. The Kier molecular flexibility index (Phi) is 5.64. The summed E-state index contributed by atoms with van der Waals surface area (Å²) >= 11 is 3.31. The second kappa shape index (κ2) is 7.00. The summed E-state index contributed by atoms with van der Waals surface area (Å²) in [6.07, 6.45) is 1.04. The summed E-state index contributed by atoms with van der Waals surface area (Å²) in [5.74, 6) is -0.0574. The molecular weight excluding hydrogens is 298 g/mol. The highest BCUT2D eigenvalue weighted by Crippen LogP contribution is 2.11. The summed E-state index contributed by atoms with van der Waals surface area (Å²) in [6.45, 7) is 1.93. The van der Waals surface area contributed by atoms with Crippen molar-refractivity contribution < 1.29 is 10.0 Å². The number of hydrogen-bond acceptors (Lipinski definition) is 3. The van der Waals surface area contributed by atoms with Crippen LogP contribution in [-0.4, -0.2) is 23.0 Å². The second-order valence-electron chi connectivity index (χ2n) is 3.88. The Hall–Kier alpha value is -1.56. The molecule has 0 aromatic heterocycles. The number of nitrogens with one attached hydrogen (secondary N) is 1. The van der Waals surface area contributed by atoms with Gasteiger partial charge >= 0.3 is 0 Å². The zero-order valence-corrected chi connectivity index (χ0v) is 11.6. The van der Waals surface area contributed by atoms with E-state index in [0.29, 0.717) is 18.4 Å². The van der Waals surface area contributed by atoms with Gasteiger partial charge in [-0.25, -0.2) is 0 Å². The highest BCUT2D eigenvalue weighted by Gasteiger charge is 2.13. The molecule has 0 saturated carbocycles. The molecule has 1 unspecified atom stereocenters. The fraction of sp³-hybridized carbons (Fsp3) is 0.333. The van der Waals surface area contributed by atoms with E-state index in [1.165, 1.54) is 0 Å². The number of oxime groups is 1. The Morgan fingerprint density at radius 1 is 1.50 bits per heavy atom. The topological polar surface area (TPSA) is 87.7 Å². The van der Waals surface area contributed by atoms with Crippen molar-refractivity contribution in [1.82, 2.24) is 5.32 Å². The molecule has 0 aliphatic heterocycles. The zero-order valence-electron chi connectivity index (χ0n) is 10.1. The van der Waals surface area contributed by atoms with Gasteiger partial charge in [-0.3, -0.25) is 4.79 Å². The van der Waals surface area contributed by atoms with Crippen molar-refractivity contribution in [2.75, 3.05) is 0 Å². The maximum atomic E-state index is 11.9. The van der Waals surface area contributed by atoms with E-state index < -0.39 is 0 Å². The predicted molar refractivity (Wildman–Crippen MR) is 73.7 cm³/mol. The first kappa shape index (κ1) is 14.5. The van der Waals surface area contributed by atoms with Crippen molar-refractivity contribution in [3.8, 4) is 0 Å². The second-order valence-corrected chi connectivity index (χ2v) is 4.80. The van der Waals surface area contributed by atoms with Crippen molar-refractivity contribution in [3.05, 3.63) is 34.3 Å². The van der Waals surface area contributed by atoms with Gasteiger partial charge in [-0.2, -0.15) is 0 Å². The summed E-state index contributed by atoms with van der Waals surface area (Å²) in [7, 11) is 0. The van der Waals surface area contributed by atoms with Gasteiger partial charge in [0.15, 0.2) is 0 Å². The first-order chi connectivity index (χ1) is 8.56. The molecule has 0 aliphatic rings. The number of halogens is 1. The highest BCUT2D eigenvalue weighted by molar-refractivity contribution is 9.10. The van der Waals surface area contributed by atoms with E-state index in [4.69, 9.17) is 10.9 Å². The lowest BCUT2D eigenvalue weighted by Gasteiger charge is -2.16. The minimum Gasteiger partial charge on any atom is -0.409 e. The van der Waals surface area contributed by atoms with Crippen LogP contribution < -0.4 is 11.1 Å². The van der Waals surface area contributed by atoms with E-state index in [1.807, 2.05) is 6.92 Å². The van der Waals surface area contributed by atoms with Crippen LogP contribution in [0.5, 0.6) is 0 Å². The molecule has 5 nitrogen and oxygen atoms in total. The van der Waals surface area contributed by atoms with Crippen molar-refractivity contribution in [2.45, 2.75) is 25.8 Å². The normalized spacial score (nSPS) is 13.1. The van der Waals surface area contributed by atoms with Gasteiger partial charge in [-0.15, -0.1) is 0 Å². The molecule has 1 aromatic rings. The molecule has 6 heteroatoms. The molecule has 0 saturated heterocycles. The number of rotatable bonds is 5. The first-order valence-corrected chi connectivity index (χ1v) is 6.39. The average molecular weight is 314 g/mol. The van der Waals surface area contributed by atoms with Crippen LogP contribution in [0, 0.1) is 0 Å². The third-order valence-electron chi connectivity index (χ3n) is 2.52. The van der Waals surface area contributed by atoms with Crippen LogP contribution >= 0.6 is 15.9 Å². The number of hydrogen-bond donors (Lipinski definition) is 3. The van der Waals surface area contributed by atoms with E-state index >= 15 is 0 Å². The monoisotopic (exact) mass is 313 g/mol. The van der Waals surface area contributed by atoms with Gasteiger partial charge in [0.1, 0.15) is 5.84 Å². The van der Waals surface area contributed by atoms with Crippen LogP contribution in [-0.2, 0) is 0 Å². The molecule has 4 N–H and O–H groups in total. The van der Waals surface area contributed by atoms with Crippen LogP contribution in [0.15, 0.2) is 33.9 Å². The molecule has 1 aromatic carbocycles. The third-order valence-corrected chi connectivity index (χ3v) is 3.05. The van der Waals surface area contributed by atoms with E-state index in [1.54, 1.807) is 24.3 Å². The summed E-state index contributed by atoms with van der Waals surface area (Å²) in [5, 5.41) is 14.3. The van der Waals surface area contributed by atoms with Gasteiger partial charge < -0.3 is 16.3 Å². The SMILES string of the molecule is CCC(CC(N)=NO)NC(=O)c1ccc(Br)cc1. The van der Waals surface area contributed by atoms with Crippen LogP contribution in [0.2, 0.25) is 0 Å². The van der Waals surface area contributed by atoms with E-state index in [-0.39, 0.29) is 17.8 Å². The van der Waals surface area contributed by atoms with Gasteiger partial charge in [-0.05, 0) is 30.7 Å². The molecule has 0 fully saturated rings. The third kappa shape index (κ3) is 4.37. The maximum Gasteiger partial charge on any atom is 0.251 e. The van der Waals surface area contributed by atoms with Crippen molar-refractivity contribution in [1.29, 1.82) is 0 Å². The van der Waals surface area contributed by atoms with Gasteiger partial charge in [-0.1, -0.05) is 28.0 Å². The van der Waals surface area contributed by atoms with Crippen molar-refractivity contribution in [3.63, 3.8) is 0 Å². The molecule has 1 atom stereocenters. The Balaban J connectivity index is 2.64. The van der Waals surface area contributed by atoms with Crippen LogP contribution in [0.1, 0.15) is 30.1 Å². The fourth-order valence-corrected chi connectivity index (χ4v) is 1.73. The molecule has 1 amide bonds. The molecule has 0 aliphatic carbocycles. The number of carbonyl (C=O) groups excluding carboxylic acids is 1. The molecule has 0 spiro atoms. The van der Waals surface area contributed by atoms with Gasteiger partial charge in [0.25, 0.3) is 5.91 Å². The van der Waals surface area contributed by atoms with Crippen molar-refractivity contribution in [2.24, 2.45) is 10.9 Å². The highest BCUT2D eigenvalue weighted by atomic mass is 79.9. The number of benzene rings is 1. The number of nitrogens with zero attached hydrogens (tertiary/aromatic N) is 1. The standard InChI is InChI=1S/C12H16BrN3O2/c1-2-10(7-11(14)16-18)15-12(17)8-3-5-9(13)6-4-8/h3-6,10,18H,2,7H2,1H3,(H2,14,16)(H,15,17). The molecule has 0 heterocycles. The number of nitrogens with two attached hydrogens (primary N) is 1. The van der Waals surface area contributed by atoms with Crippen LogP contribution in [0.3, 0.4) is 0 Å². The average Bonchev–Trinajstić information content (AvgIpc) is 2.38. The molecule has 18 heavy (non-hydrogen) atoms. The molecule has 98 valence electrons. The van der Waals surface area contributed by atoms with E-state index in [9.17, 15) is 4.79 Å². The van der Waals surface area contributed by atoms with Crippen LogP contribution in [0.25, 0.3) is 0 Å². The van der Waals surface area contributed by atoms with Gasteiger partial charge in [0.2, 0.25) is 0 Å². The maximum absolute atomic E-state index is 11.9. The molecule has 0 radical (unpaired) electrons. The number of amidine groups is 1. The zero-order chi connectivity index (χ0) is 13.5. The summed E-state index contributed by atoms with van der Waals surface area (Å²) in [6, 6.07) is 6.93. The molecule has 0 bridgehead atoms. The predicted octanol–water partition coefficient (Wildman–Crippen LogP) is 2.09. The number of carbonyl (C=O) groups is 1. The lowest BCUT2D eigenvalue weighted by atomic mass is 10.1. The quantitative estimate of drug-likeness (QED) is 0.336.